The quantitative estimate of drug-likeness (QED) is 0.598. The number of thioether (sulfide) groups is 2. The van der Waals surface area contributed by atoms with Gasteiger partial charge >= 0.3 is 0 Å². The molecule has 0 fully saturated rings. The van der Waals surface area contributed by atoms with E-state index in [1.165, 1.54) is 0 Å². The van der Waals surface area contributed by atoms with E-state index in [2.05, 4.69) is 13.2 Å². The maximum absolute atomic E-state index is 9.72. The zero-order valence-electron chi connectivity index (χ0n) is 8.48. The van der Waals surface area contributed by atoms with Gasteiger partial charge in [0.15, 0.2) is 0 Å². The molecule has 1 aromatic carbocycles. The van der Waals surface area contributed by atoms with E-state index in [-0.39, 0.29) is 0 Å². The van der Waals surface area contributed by atoms with Crippen LogP contribution in [0.4, 0.5) is 0 Å². The number of hydrogen-bond donors (Lipinski definition) is 1. The number of benzene rings is 1. The lowest BCUT2D eigenvalue weighted by molar-refractivity contribution is 0.459. The lowest BCUT2D eigenvalue weighted by Crippen LogP contribution is -1.82. The second kappa shape index (κ2) is 6.64. The summed E-state index contributed by atoms with van der Waals surface area (Å²) in [6.07, 6.45) is 3.69. The Morgan fingerprint density at radius 3 is 2.47 bits per heavy atom. The Morgan fingerprint density at radius 1 is 1.13 bits per heavy atom. The summed E-state index contributed by atoms with van der Waals surface area (Å²) >= 11 is 3.28. The summed E-state index contributed by atoms with van der Waals surface area (Å²) in [4.78, 5) is 2.03. The van der Waals surface area contributed by atoms with Gasteiger partial charge in [-0.15, -0.1) is 36.7 Å². The second-order valence-electron chi connectivity index (χ2n) is 2.80. The molecule has 0 spiro atoms. The van der Waals surface area contributed by atoms with Crippen LogP contribution >= 0.6 is 23.5 Å². The van der Waals surface area contributed by atoms with Gasteiger partial charge in [-0.2, -0.15) is 0 Å². The third-order valence-electron chi connectivity index (χ3n) is 1.66. The first-order valence-electron chi connectivity index (χ1n) is 4.59. The molecule has 0 aliphatic carbocycles. The maximum Gasteiger partial charge on any atom is 0.130 e. The molecule has 0 saturated heterocycles. The third kappa shape index (κ3) is 3.68. The highest BCUT2D eigenvalue weighted by Gasteiger charge is 2.07. The highest BCUT2D eigenvalue weighted by Crippen LogP contribution is 2.37. The first-order chi connectivity index (χ1) is 7.29. The zero-order chi connectivity index (χ0) is 11.1. The number of phenolic OH excluding ortho intramolecular Hbond substituents is 1. The fourth-order valence-electron chi connectivity index (χ4n) is 1.05. The predicted molar refractivity (Wildman–Crippen MR) is 69.9 cm³/mol. The molecule has 0 atom stereocenters. The third-order valence-corrected chi connectivity index (χ3v) is 3.96. The first kappa shape index (κ1) is 12.3. The smallest absolute Gasteiger partial charge is 0.130 e. The van der Waals surface area contributed by atoms with Crippen molar-refractivity contribution >= 4 is 23.5 Å². The Labute approximate surface area is 99.3 Å². The molecule has 0 aromatic heterocycles. The van der Waals surface area contributed by atoms with Gasteiger partial charge in [0.2, 0.25) is 0 Å². The molecule has 0 bridgehead atoms. The van der Waals surface area contributed by atoms with Crippen LogP contribution in [0.2, 0.25) is 0 Å². The van der Waals surface area contributed by atoms with Crippen LogP contribution in [0.15, 0.2) is 53.3 Å². The molecule has 0 unspecified atom stereocenters. The van der Waals surface area contributed by atoms with Gasteiger partial charge in [0.25, 0.3) is 0 Å². The molecule has 1 aromatic rings. The summed E-state index contributed by atoms with van der Waals surface area (Å²) in [7, 11) is 0. The molecule has 15 heavy (non-hydrogen) atoms. The molecule has 1 N–H and O–H groups in total. The lowest BCUT2D eigenvalue weighted by Gasteiger charge is -2.08. The summed E-state index contributed by atoms with van der Waals surface area (Å²) in [5, 5.41) is 9.72. The molecule has 0 aliphatic heterocycles. The largest absolute Gasteiger partial charge is 0.507 e. The molecule has 1 rings (SSSR count). The zero-order valence-corrected chi connectivity index (χ0v) is 10.1. The maximum atomic E-state index is 9.72. The summed E-state index contributed by atoms with van der Waals surface area (Å²) in [6.45, 7) is 7.36. The standard InChI is InChI=1S/C12H14OS2/c1-3-8-14-11-7-5-6-10(13)12(11)15-9-4-2/h3-7,13H,1-2,8-9H2. The average Bonchev–Trinajstić information content (AvgIpc) is 2.25. The van der Waals surface area contributed by atoms with Gasteiger partial charge in [0.05, 0.1) is 4.90 Å². The number of phenols is 1. The van der Waals surface area contributed by atoms with E-state index in [9.17, 15) is 5.11 Å². The molecular weight excluding hydrogens is 224 g/mol. The number of aromatic hydroxyl groups is 1. The monoisotopic (exact) mass is 238 g/mol. The van der Waals surface area contributed by atoms with E-state index in [0.717, 1.165) is 21.3 Å². The predicted octanol–water partition coefficient (Wildman–Crippen LogP) is 3.95. The molecule has 0 heterocycles. The van der Waals surface area contributed by atoms with Gasteiger partial charge in [-0.25, -0.2) is 0 Å². The van der Waals surface area contributed by atoms with Crippen LogP contribution in [-0.2, 0) is 0 Å². The number of hydrogen-bond acceptors (Lipinski definition) is 3. The molecule has 1 nitrogen and oxygen atoms in total. The van der Waals surface area contributed by atoms with Gasteiger partial charge in [0, 0.05) is 16.4 Å². The minimum Gasteiger partial charge on any atom is -0.507 e. The van der Waals surface area contributed by atoms with Crippen LogP contribution in [0, 0.1) is 0 Å². The van der Waals surface area contributed by atoms with Crippen molar-refractivity contribution in [2.24, 2.45) is 0 Å². The summed E-state index contributed by atoms with van der Waals surface area (Å²) in [6, 6.07) is 5.58. The van der Waals surface area contributed by atoms with Crippen LogP contribution < -0.4 is 0 Å². The van der Waals surface area contributed by atoms with Crippen LogP contribution in [0.3, 0.4) is 0 Å². The van der Waals surface area contributed by atoms with Gasteiger partial charge in [-0.3, -0.25) is 0 Å². The molecule has 0 aliphatic rings. The minimum absolute atomic E-state index is 0.343. The van der Waals surface area contributed by atoms with E-state index >= 15 is 0 Å². The fraction of sp³-hybridized carbons (Fsp3) is 0.167. The van der Waals surface area contributed by atoms with Crippen molar-refractivity contribution in [2.75, 3.05) is 11.5 Å². The highest BCUT2D eigenvalue weighted by atomic mass is 32.2. The SMILES string of the molecule is C=CCSc1cccc(O)c1SCC=C. The van der Waals surface area contributed by atoms with Crippen molar-refractivity contribution in [2.45, 2.75) is 9.79 Å². The minimum atomic E-state index is 0.343. The van der Waals surface area contributed by atoms with Crippen LogP contribution in [-0.4, -0.2) is 16.6 Å². The molecule has 0 saturated carbocycles. The molecule has 0 radical (unpaired) electrons. The van der Waals surface area contributed by atoms with Crippen molar-refractivity contribution in [3.8, 4) is 5.75 Å². The van der Waals surface area contributed by atoms with Gasteiger partial charge in [-0.05, 0) is 12.1 Å². The van der Waals surface area contributed by atoms with Crippen LogP contribution in [0.5, 0.6) is 5.75 Å². The van der Waals surface area contributed by atoms with Crippen molar-refractivity contribution in [3.63, 3.8) is 0 Å². The summed E-state index contributed by atoms with van der Waals surface area (Å²) in [5.74, 6) is 2.00. The first-order valence-corrected chi connectivity index (χ1v) is 6.56. The highest BCUT2D eigenvalue weighted by molar-refractivity contribution is 8.02. The fourth-order valence-corrected chi connectivity index (χ4v) is 2.83. The molecule has 3 heteroatoms. The van der Waals surface area contributed by atoms with Crippen LogP contribution in [0.1, 0.15) is 0 Å². The summed E-state index contributed by atoms with van der Waals surface area (Å²) in [5.41, 5.74) is 0. The van der Waals surface area contributed by atoms with Crippen LogP contribution in [0.25, 0.3) is 0 Å². The van der Waals surface area contributed by atoms with E-state index in [1.54, 1.807) is 29.6 Å². The lowest BCUT2D eigenvalue weighted by atomic mass is 10.3. The van der Waals surface area contributed by atoms with Crippen molar-refractivity contribution in [1.29, 1.82) is 0 Å². The molecule has 0 amide bonds. The van der Waals surface area contributed by atoms with Gasteiger partial charge in [0.1, 0.15) is 5.75 Å². The Morgan fingerprint density at radius 2 is 1.80 bits per heavy atom. The Bertz CT molecular complexity index is 347. The van der Waals surface area contributed by atoms with Crippen molar-refractivity contribution in [1.82, 2.24) is 0 Å². The normalized spacial score (nSPS) is 9.87. The average molecular weight is 238 g/mol. The van der Waals surface area contributed by atoms with Gasteiger partial charge < -0.3 is 5.11 Å². The Balaban J connectivity index is 2.86. The van der Waals surface area contributed by atoms with Crippen molar-refractivity contribution in [3.05, 3.63) is 43.5 Å². The van der Waals surface area contributed by atoms with E-state index in [1.807, 2.05) is 24.3 Å². The molecular formula is C12H14OS2. The second-order valence-corrected chi connectivity index (χ2v) is 4.90. The topological polar surface area (TPSA) is 20.2 Å². The van der Waals surface area contributed by atoms with E-state index < -0.39 is 0 Å². The van der Waals surface area contributed by atoms with Crippen molar-refractivity contribution < 1.29 is 5.11 Å². The summed E-state index contributed by atoms with van der Waals surface area (Å²) < 4.78 is 0. The molecule has 80 valence electrons. The Kier molecular flexibility index (Phi) is 5.43. The van der Waals surface area contributed by atoms with Gasteiger partial charge in [-0.1, -0.05) is 18.2 Å². The number of rotatable bonds is 6. The van der Waals surface area contributed by atoms with E-state index in [0.29, 0.717) is 5.75 Å². The Hall–Kier alpha value is -0.800. The van der Waals surface area contributed by atoms with E-state index in [4.69, 9.17) is 0 Å².